The van der Waals surface area contributed by atoms with E-state index in [0.717, 1.165) is 26.2 Å². The third-order valence-electron chi connectivity index (χ3n) is 4.39. The Bertz CT molecular complexity index is 540. The van der Waals surface area contributed by atoms with Crippen molar-refractivity contribution in [2.24, 2.45) is 0 Å². The molecule has 0 rings (SSSR count). The van der Waals surface area contributed by atoms with E-state index in [4.69, 9.17) is 17.4 Å². The second kappa shape index (κ2) is 15.7. The average molecular weight is 461 g/mol. The predicted octanol–water partition coefficient (Wildman–Crippen LogP) is 5.16. The highest BCUT2D eigenvalue weighted by molar-refractivity contribution is 7.81. The minimum atomic E-state index is -4.31. The van der Waals surface area contributed by atoms with E-state index in [1.807, 2.05) is 0 Å². The van der Waals surface area contributed by atoms with Crippen LogP contribution >= 0.6 is 7.60 Å². The molecule has 0 aliphatic heterocycles. The Morgan fingerprint density at radius 2 is 1.24 bits per heavy atom. The molecule has 0 aliphatic carbocycles. The molecule has 0 heterocycles. The SMILES string of the molecule is CCCCCCCCCCCCOS(=O)(=O)OCC(C)(O)P(=O)(OCC)OCC. The maximum absolute atomic E-state index is 12.6. The summed E-state index contributed by atoms with van der Waals surface area (Å²) in [6.45, 7) is 5.83. The first-order valence-electron chi connectivity index (χ1n) is 10.8. The lowest BCUT2D eigenvalue weighted by atomic mass is 10.1. The maximum atomic E-state index is 12.6. The highest BCUT2D eigenvalue weighted by Gasteiger charge is 2.47. The molecule has 0 aromatic heterocycles. The molecule has 0 amide bonds. The Hall–Kier alpha value is -0.0200. The monoisotopic (exact) mass is 460 g/mol. The molecule has 1 N–H and O–H groups in total. The molecule has 0 aromatic rings. The summed E-state index contributed by atoms with van der Waals surface area (Å²) < 4.78 is 55.9. The number of hydrogen-bond acceptors (Lipinski definition) is 8. The van der Waals surface area contributed by atoms with Crippen LogP contribution in [0.2, 0.25) is 0 Å². The zero-order valence-corrected chi connectivity index (χ0v) is 20.3. The second-order valence-electron chi connectivity index (χ2n) is 7.22. The Morgan fingerprint density at radius 3 is 1.69 bits per heavy atom. The van der Waals surface area contributed by atoms with Crippen LogP contribution in [-0.2, 0) is 32.4 Å². The molecule has 0 aromatic carbocycles. The fourth-order valence-corrected chi connectivity index (χ4v) is 5.09. The van der Waals surface area contributed by atoms with Crippen molar-refractivity contribution in [3.8, 4) is 0 Å². The summed E-state index contributed by atoms with van der Waals surface area (Å²) in [4.78, 5) is 0. The lowest BCUT2D eigenvalue weighted by Crippen LogP contribution is -2.34. The van der Waals surface area contributed by atoms with Gasteiger partial charge in [-0.2, -0.15) is 8.42 Å². The van der Waals surface area contributed by atoms with E-state index in [9.17, 15) is 18.1 Å². The van der Waals surface area contributed by atoms with Crippen molar-refractivity contribution in [1.82, 2.24) is 0 Å². The Morgan fingerprint density at radius 1 is 0.793 bits per heavy atom. The van der Waals surface area contributed by atoms with E-state index in [2.05, 4.69) is 6.92 Å². The molecular weight excluding hydrogens is 419 g/mol. The predicted molar refractivity (Wildman–Crippen MR) is 114 cm³/mol. The summed E-state index contributed by atoms with van der Waals surface area (Å²) in [5.41, 5.74) is 0. The molecule has 1 atom stereocenters. The van der Waals surface area contributed by atoms with E-state index >= 15 is 0 Å². The van der Waals surface area contributed by atoms with Crippen molar-refractivity contribution in [3.63, 3.8) is 0 Å². The fourth-order valence-electron chi connectivity index (χ4n) is 2.70. The van der Waals surface area contributed by atoms with Crippen molar-refractivity contribution in [2.75, 3.05) is 26.4 Å². The van der Waals surface area contributed by atoms with Crippen molar-refractivity contribution >= 4 is 18.0 Å². The third kappa shape index (κ3) is 13.1. The summed E-state index contributed by atoms with van der Waals surface area (Å²) in [6.07, 6.45) is 11.3. The van der Waals surface area contributed by atoms with Crippen molar-refractivity contribution in [1.29, 1.82) is 0 Å². The van der Waals surface area contributed by atoms with Crippen molar-refractivity contribution in [2.45, 2.75) is 97.2 Å². The van der Waals surface area contributed by atoms with Crippen molar-refractivity contribution in [3.05, 3.63) is 0 Å². The van der Waals surface area contributed by atoms with Gasteiger partial charge in [0.25, 0.3) is 0 Å². The van der Waals surface area contributed by atoms with E-state index in [0.29, 0.717) is 6.42 Å². The summed E-state index contributed by atoms with van der Waals surface area (Å²) >= 11 is 0. The summed E-state index contributed by atoms with van der Waals surface area (Å²) in [6, 6.07) is 0. The minimum Gasteiger partial charge on any atom is -0.376 e. The molecule has 29 heavy (non-hydrogen) atoms. The van der Waals surface area contributed by atoms with Gasteiger partial charge in [-0.05, 0) is 27.2 Å². The first-order chi connectivity index (χ1) is 13.6. The molecular formula is C19H41O8PS. The van der Waals surface area contributed by atoms with E-state index in [-0.39, 0.29) is 19.8 Å². The average Bonchev–Trinajstić information content (AvgIpc) is 2.65. The van der Waals surface area contributed by atoms with Gasteiger partial charge in [0.05, 0.1) is 19.8 Å². The standard InChI is InChI=1S/C19H41O8PS/c1-5-8-9-10-11-12-13-14-15-16-17-26-29(22,23)27-18-19(4,20)28(21,24-6-2)25-7-3/h20H,5-18H2,1-4H3. The molecule has 1 unspecified atom stereocenters. The number of hydrogen-bond donors (Lipinski definition) is 1. The number of aliphatic hydroxyl groups is 1. The Balaban J connectivity index is 4.08. The minimum absolute atomic E-state index is 0.00948. The lowest BCUT2D eigenvalue weighted by Gasteiger charge is -2.30. The lowest BCUT2D eigenvalue weighted by molar-refractivity contribution is 0.0372. The smallest absolute Gasteiger partial charge is 0.376 e. The molecule has 0 aliphatic rings. The van der Waals surface area contributed by atoms with Gasteiger partial charge in [0.15, 0.2) is 5.34 Å². The van der Waals surface area contributed by atoms with Crippen LogP contribution in [0, 0.1) is 0 Å². The Kier molecular flexibility index (Phi) is 15.7. The van der Waals surface area contributed by atoms with Gasteiger partial charge in [0, 0.05) is 0 Å². The molecule has 10 heteroatoms. The van der Waals surface area contributed by atoms with Gasteiger partial charge in [-0.1, -0.05) is 64.7 Å². The molecule has 0 saturated heterocycles. The van der Waals surface area contributed by atoms with Gasteiger partial charge in [-0.15, -0.1) is 0 Å². The number of unbranched alkanes of at least 4 members (excludes halogenated alkanes) is 9. The van der Waals surface area contributed by atoms with E-state index in [1.165, 1.54) is 38.5 Å². The second-order valence-corrected chi connectivity index (χ2v) is 11.0. The van der Waals surface area contributed by atoms with Gasteiger partial charge in [-0.25, -0.2) is 8.37 Å². The molecule has 0 bridgehead atoms. The molecule has 0 saturated carbocycles. The van der Waals surface area contributed by atoms with E-state index in [1.54, 1.807) is 13.8 Å². The highest BCUT2D eigenvalue weighted by atomic mass is 32.3. The quantitative estimate of drug-likeness (QED) is 0.196. The van der Waals surface area contributed by atoms with Crippen LogP contribution < -0.4 is 0 Å². The van der Waals surface area contributed by atoms with Gasteiger partial charge in [-0.3, -0.25) is 4.57 Å². The van der Waals surface area contributed by atoms with E-state index < -0.39 is 29.9 Å². The van der Waals surface area contributed by atoms with Crippen LogP contribution in [0.25, 0.3) is 0 Å². The van der Waals surface area contributed by atoms with Gasteiger partial charge in [0.1, 0.15) is 6.61 Å². The highest BCUT2D eigenvalue weighted by Crippen LogP contribution is 2.58. The fraction of sp³-hybridized carbons (Fsp3) is 1.00. The molecule has 0 radical (unpaired) electrons. The Labute approximate surface area is 177 Å². The van der Waals surface area contributed by atoms with Gasteiger partial charge >= 0.3 is 18.0 Å². The van der Waals surface area contributed by atoms with Crippen LogP contribution in [-0.4, -0.2) is 45.3 Å². The zero-order valence-electron chi connectivity index (χ0n) is 18.6. The van der Waals surface area contributed by atoms with Gasteiger partial charge < -0.3 is 14.2 Å². The van der Waals surface area contributed by atoms with Crippen LogP contribution in [0.15, 0.2) is 0 Å². The molecule has 0 spiro atoms. The molecule has 8 nitrogen and oxygen atoms in total. The summed E-state index contributed by atoms with van der Waals surface area (Å²) in [5, 5.41) is 8.24. The van der Waals surface area contributed by atoms with Crippen LogP contribution in [0.3, 0.4) is 0 Å². The van der Waals surface area contributed by atoms with Gasteiger partial charge in [0.2, 0.25) is 0 Å². The van der Waals surface area contributed by atoms with Crippen molar-refractivity contribution < 1.29 is 35.5 Å². The number of rotatable bonds is 20. The topological polar surface area (TPSA) is 108 Å². The zero-order chi connectivity index (χ0) is 22.2. The van der Waals surface area contributed by atoms with Crippen LogP contribution in [0.4, 0.5) is 0 Å². The van der Waals surface area contributed by atoms with Crippen LogP contribution in [0.1, 0.15) is 91.9 Å². The molecule has 176 valence electrons. The first-order valence-corrected chi connectivity index (χ1v) is 13.7. The van der Waals surface area contributed by atoms with Crippen LogP contribution in [0.5, 0.6) is 0 Å². The summed E-state index contributed by atoms with van der Waals surface area (Å²) in [5.74, 6) is 0. The largest absolute Gasteiger partial charge is 0.399 e. The summed E-state index contributed by atoms with van der Waals surface area (Å²) in [7, 11) is -8.26. The third-order valence-corrected chi connectivity index (χ3v) is 7.76. The normalized spacial score (nSPS) is 14.8. The first kappa shape index (κ1) is 29.0. The maximum Gasteiger partial charge on any atom is 0.399 e. The molecule has 0 fully saturated rings.